The van der Waals surface area contributed by atoms with Crippen molar-refractivity contribution in [3.63, 3.8) is 0 Å². The summed E-state index contributed by atoms with van der Waals surface area (Å²) >= 11 is 6.55. The Morgan fingerprint density at radius 1 is 0.878 bits per heavy atom. The lowest BCUT2D eigenvalue weighted by Gasteiger charge is -2.45. The van der Waals surface area contributed by atoms with Gasteiger partial charge in [-0.25, -0.2) is 4.79 Å². The Labute approximate surface area is 246 Å². The van der Waals surface area contributed by atoms with E-state index in [0.717, 1.165) is 0 Å². The molecule has 1 heterocycles. The molecule has 220 valence electrons. The monoisotopic (exact) mass is 596 g/mol. The molecule has 0 aliphatic carbocycles. The van der Waals surface area contributed by atoms with Crippen molar-refractivity contribution in [2.75, 3.05) is 40.1 Å². The molecule has 0 saturated carbocycles. The van der Waals surface area contributed by atoms with Crippen LogP contribution in [0.1, 0.15) is 15.8 Å². The molecule has 1 saturated heterocycles. The highest BCUT2D eigenvalue weighted by atomic mass is 35.5. The number of hydrogen-bond acceptors (Lipinski definition) is 12. The van der Waals surface area contributed by atoms with Gasteiger partial charge in [-0.05, 0) is 35.9 Å². The third-order valence-corrected chi connectivity index (χ3v) is 6.16. The molecule has 2 aromatic rings. The summed E-state index contributed by atoms with van der Waals surface area (Å²) in [5.41, 5.74) is 1.59. The van der Waals surface area contributed by atoms with E-state index in [1.807, 2.05) is 0 Å². The zero-order chi connectivity index (χ0) is 33.1. The van der Waals surface area contributed by atoms with Crippen molar-refractivity contribution >= 4 is 42.6 Å². The molecular formula is C28H29ClO12. The number of esters is 1. The molecule has 1 aliphatic heterocycles. The molecule has 1 aliphatic rings. The van der Waals surface area contributed by atoms with Crippen LogP contribution in [-0.2, 0) is 47.6 Å². The quantitative estimate of drug-likeness (QED) is 0.194. The fourth-order valence-electron chi connectivity index (χ4n) is 4.12. The first-order valence-corrected chi connectivity index (χ1v) is 12.5. The third kappa shape index (κ3) is 8.73. The van der Waals surface area contributed by atoms with Crippen molar-refractivity contribution in [2.45, 2.75) is 30.7 Å². The maximum atomic E-state index is 11.8. The van der Waals surface area contributed by atoms with Gasteiger partial charge in [0.05, 0.1) is 24.3 Å². The first-order valence-electron chi connectivity index (χ1n) is 14.1. The Hall–Kier alpha value is -3.52. The predicted molar refractivity (Wildman–Crippen MR) is 142 cm³/mol. The highest BCUT2D eigenvalue weighted by Crippen LogP contribution is 2.34. The molecule has 3 rings (SSSR count). The largest absolute Gasteiger partial charge is 0.465 e. The second kappa shape index (κ2) is 16.7. The van der Waals surface area contributed by atoms with Crippen molar-refractivity contribution in [3.05, 3.63) is 53.1 Å². The van der Waals surface area contributed by atoms with Gasteiger partial charge in [0.25, 0.3) is 0 Å². The Bertz CT molecular complexity index is 1380. The molecule has 0 aromatic heterocycles. The van der Waals surface area contributed by atoms with Crippen molar-refractivity contribution in [1.82, 2.24) is 0 Å². The molecule has 0 bridgehead atoms. The van der Waals surface area contributed by atoms with Gasteiger partial charge in [-0.15, -0.1) is 0 Å². The summed E-state index contributed by atoms with van der Waals surface area (Å²) in [6, 6.07) is 11.1. The van der Waals surface area contributed by atoms with Crippen LogP contribution >= 0.6 is 11.6 Å². The Morgan fingerprint density at radius 3 is 2.07 bits per heavy atom. The number of carbonyl (C=O) groups is 5. The second-order valence-electron chi connectivity index (χ2n) is 8.29. The van der Waals surface area contributed by atoms with Crippen LogP contribution in [0, 0.1) is 0 Å². The maximum absolute atomic E-state index is 11.8. The topological polar surface area (TPSA) is 150 Å². The summed E-state index contributed by atoms with van der Waals surface area (Å²) in [6.07, 6.45) is -11.3. The number of benzene rings is 2. The molecule has 0 radical (unpaired) electrons. The molecule has 41 heavy (non-hydrogen) atoms. The van der Waals surface area contributed by atoms with Crippen LogP contribution in [0.3, 0.4) is 0 Å². The number of hydrogen-bond donors (Lipinski definition) is 0. The van der Waals surface area contributed by atoms with Crippen LogP contribution in [-0.4, -0.2) is 102 Å². The summed E-state index contributed by atoms with van der Waals surface area (Å²) < 4.78 is 67.4. The second-order valence-corrected chi connectivity index (χ2v) is 8.70. The smallest absolute Gasteiger partial charge is 0.337 e. The van der Waals surface area contributed by atoms with Gasteiger partial charge >= 0.3 is 5.97 Å². The van der Waals surface area contributed by atoms with Gasteiger partial charge in [0.2, 0.25) is 6.29 Å². The SMILES string of the molecule is [2H]C(=O)COC[C@H]1OC(Oc2ccc(-c3ccc(C(=O)OC)cc3)c(Cl)c2)[C@@H](OCC([2H])=O)[C@@H](OCC([2H])=O)[C@@H]1OCC([2H])=O. The fraction of sp³-hybridized carbons (Fsp3) is 0.393. The molecule has 5 atom stereocenters. The summed E-state index contributed by atoms with van der Waals surface area (Å²) in [7, 11) is 1.27. The first kappa shape index (κ1) is 26.4. The van der Waals surface area contributed by atoms with Crippen molar-refractivity contribution in [1.29, 1.82) is 0 Å². The predicted octanol–water partition coefficient (Wildman–Crippen LogP) is 1.87. The molecule has 0 amide bonds. The molecule has 2 aromatic carbocycles. The van der Waals surface area contributed by atoms with Gasteiger partial charge in [0.15, 0.2) is 0 Å². The third-order valence-electron chi connectivity index (χ3n) is 5.85. The minimum absolute atomic E-state index is 0.128. The normalized spacial score (nSPS) is 23.3. The zero-order valence-corrected chi connectivity index (χ0v) is 22.5. The summed E-state index contributed by atoms with van der Waals surface area (Å²) in [6.45, 7) is -3.36. The number of carbonyl (C=O) groups excluding carboxylic acids is 5. The van der Waals surface area contributed by atoms with Gasteiger partial charge in [0.1, 0.15) is 87.1 Å². The summed E-state index contributed by atoms with van der Waals surface area (Å²) in [5, 5.41) is 0.226. The Balaban J connectivity index is 1.95. The van der Waals surface area contributed by atoms with Crippen LogP contribution in [0.15, 0.2) is 42.5 Å². The number of rotatable bonds is 17. The van der Waals surface area contributed by atoms with E-state index in [-0.39, 0.29) is 10.8 Å². The zero-order valence-electron chi connectivity index (χ0n) is 25.7. The van der Waals surface area contributed by atoms with Gasteiger partial charge < -0.3 is 52.3 Å². The minimum atomic E-state index is -1.47. The lowest BCUT2D eigenvalue weighted by atomic mass is 9.98. The number of ether oxygens (including phenoxy) is 7. The number of methoxy groups -OCH3 is 1. The van der Waals surface area contributed by atoms with Crippen molar-refractivity contribution < 1.29 is 62.6 Å². The maximum Gasteiger partial charge on any atom is 0.337 e. The van der Waals surface area contributed by atoms with Crippen molar-refractivity contribution in [3.8, 4) is 16.9 Å². The molecule has 0 spiro atoms. The number of aldehydes is 4. The fourth-order valence-corrected chi connectivity index (χ4v) is 4.40. The van der Waals surface area contributed by atoms with Crippen LogP contribution in [0.2, 0.25) is 5.02 Å². The Kier molecular flexibility index (Phi) is 10.7. The standard InChI is InChI=1S/C28H29ClO12/c1-35-27(34)19-4-2-18(3-5-19)21-7-6-20(16-22(21)29)40-28-26(39-15-11-33)25(38-14-10-32)24(37-13-9-31)23(41-28)17-36-12-8-30/h2-11,16,23-26,28H,12-15,17H2,1H3/t23-,24-,25+,26+,28?/m1/s1/i8D,9D,10D,11D. The average Bonchev–Trinajstić information content (AvgIpc) is 2.98. The minimum Gasteiger partial charge on any atom is -0.465 e. The lowest BCUT2D eigenvalue weighted by molar-refractivity contribution is -0.299. The number of halogens is 1. The van der Waals surface area contributed by atoms with Gasteiger partial charge in [-0.1, -0.05) is 23.7 Å². The molecule has 1 unspecified atom stereocenters. The van der Waals surface area contributed by atoms with E-state index in [2.05, 4.69) is 0 Å². The van der Waals surface area contributed by atoms with Crippen LogP contribution < -0.4 is 4.74 Å². The van der Waals surface area contributed by atoms with Crippen LogP contribution in [0.5, 0.6) is 5.75 Å². The van der Waals surface area contributed by atoms with Crippen LogP contribution in [0.25, 0.3) is 11.1 Å². The summed E-state index contributed by atoms with van der Waals surface area (Å²) in [5.74, 6) is -0.376. The van der Waals surface area contributed by atoms with Gasteiger partial charge in [-0.2, -0.15) is 0 Å². The Morgan fingerprint density at radius 2 is 1.49 bits per heavy atom. The molecule has 13 heteroatoms. The van der Waals surface area contributed by atoms with E-state index in [1.165, 1.54) is 19.2 Å². The molecule has 1 fully saturated rings. The molecule has 0 N–H and O–H groups in total. The van der Waals surface area contributed by atoms with E-state index >= 15 is 0 Å². The first-order chi connectivity index (χ1) is 21.4. The highest BCUT2D eigenvalue weighted by molar-refractivity contribution is 6.33. The summed E-state index contributed by atoms with van der Waals surface area (Å²) in [4.78, 5) is 57.3. The van der Waals surface area contributed by atoms with E-state index in [0.29, 0.717) is 16.7 Å². The molecule has 12 nitrogen and oxygen atoms in total. The van der Waals surface area contributed by atoms with E-state index in [1.54, 1.807) is 30.3 Å². The van der Waals surface area contributed by atoms with Crippen molar-refractivity contribution in [2.24, 2.45) is 0 Å². The van der Waals surface area contributed by atoms with E-state index in [9.17, 15) is 24.0 Å². The highest BCUT2D eigenvalue weighted by Gasteiger charge is 2.49. The average molecular weight is 597 g/mol. The lowest BCUT2D eigenvalue weighted by Crippen LogP contribution is -2.63. The van der Waals surface area contributed by atoms with Crippen LogP contribution in [0.4, 0.5) is 0 Å². The van der Waals surface area contributed by atoms with E-state index in [4.69, 9.17) is 50.2 Å². The van der Waals surface area contributed by atoms with E-state index < -0.39 is 94.8 Å². The molecular weight excluding hydrogens is 564 g/mol. The van der Waals surface area contributed by atoms with Gasteiger partial charge in [0, 0.05) is 5.56 Å². The van der Waals surface area contributed by atoms with Gasteiger partial charge in [-0.3, -0.25) is 0 Å².